The summed E-state index contributed by atoms with van der Waals surface area (Å²) in [5.41, 5.74) is -0.985. The van der Waals surface area contributed by atoms with Crippen molar-refractivity contribution < 1.29 is 9.59 Å². The third-order valence-electron chi connectivity index (χ3n) is 4.12. The van der Waals surface area contributed by atoms with Gasteiger partial charge in [0.15, 0.2) is 0 Å². The van der Waals surface area contributed by atoms with Gasteiger partial charge in [0.05, 0.1) is 0 Å². The van der Waals surface area contributed by atoms with E-state index in [0.29, 0.717) is 12.8 Å². The molecule has 4 nitrogen and oxygen atoms in total. The molecule has 0 spiro atoms. The fourth-order valence-corrected chi connectivity index (χ4v) is 2.92. The Morgan fingerprint density at radius 1 is 1.21 bits per heavy atom. The molecule has 1 aliphatic heterocycles. The van der Waals surface area contributed by atoms with Gasteiger partial charge >= 0.3 is 0 Å². The second-order valence-corrected chi connectivity index (χ2v) is 6.85. The molecule has 1 fully saturated rings. The maximum absolute atomic E-state index is 12.9. The lowest BCUT2D eigenvalue weighted by Crippen LogP contribution is -2.73. The van der Waals surface area contributed by atoms with Crippen LogP contribution >= 0.6 is 0 Å². The predicted molar refractivity (Wildman–Crippen MR) is 76.7 cm³/mol. The van der Waals surface area contributed by atoms with Crippen molar-refractivity contribution in [3.8, 4) is 0 Å². The summed E-state index contributed by atoms with van der Waals surface area (Å²) in [4.78, 5) is 27.2. The van der Waals surface area contributed by atoms with Crippen LogP contribution in [-0.2, 0) is 9.59 Å². The molecule has 1 heterocycles. The van der Waals surface area contributed by atoms with Crippen molar-refractivity contribution in [1.82, 2.24) is 10.2 Å². The Morgan fingerprint density at radius 2 is 1.68 bits per heavy atom. The Morgan fingerprint density at radius 3 is 2.00 bits per heavy atom. The first-order chi connectivity index (χ1) is 8.60. The van der Waals surface area contributed by atoms with Crippen molar-refractivity contribution in [3.63, 3.8) is 0 Å². The monoisotopic (exact) mass is 268 g/mol. The molecule has 0 radical (unpaired) electrons. The van der Waals surface area contributed by atoms with Gasteiger partial charge in [-0.1, -0.05) is 34.6 Å². The molecule has 1 rings (SSSR count). The van der Waals surface area contributed by atoms with Crippen LogP contribution < -0.4 is 5.32 Å². The van der Waals surface area contributed by atoms with Gasteiger partial charge in [0, 0.05) is 6.04 Å². The first-order valence-electron chi connectivity index (χ1n) is 7.25. The highest BCUT2D eigenvalue weighted by Gasteiger charge is 2.52. The van der Waals surface area contributed by atoms with Gasteiger partial charge in [-0.05, 0) is 32.1 Å². The van der Waals surface area contributed by atoms with E-state index in [1.807, 2.05) is 48.5 Å². The van der Waals surface area contributed by atoms with Crippen LogP contribution in [0.5, 0.6) is 0 Å². The average molecular weight is 268 g/mol. The summed E-state index contributed by atoms with van der Waals surface area (Å²) in [6.45, 7) is 13.9. The number of nitrogens with one attached hydrogen (secondary N) is 1. The zero-order chi connectivity index (χ0) is 15.0. The van der Waals surface area contributed by atoms with Crippen LogP contribution in [0, 0.1) is 5.41 Å². The van der Waals surface area contributed by atoms with Crippen molar-refractivity contribution in [2.45, 2.75) is 78.9 Å². The molecular formula is C15H28N2O2. The second-order valence-electron chi connectivity index (χ2n) is 6.85. The third kappa shape index (κ3) is 2.63. The van der Waals surface area contributed by atoms with E-state index in [9.17, 15) is 9.59 Å². The zero-order valence-electron chi connectivity index (χ0n) is 13.3. The molecule has 0 aromatic rings. The molecule has 1 saturated heterocycles. The minimum absolute atomic E-state index is 0.0236. The van der Waals surface area contributed by atoms with Gasteiger partial charge in [-0.25, -0.2) is 0 Å². The Kier molecular flexibility index (Phi) is 4.33. The van der Waals surface area contributed by atoms with Gasteiger partial charge in [0.1, 0.15) is 11.6 Å². The zero-order valence-corrected chi connectivity index (χ0v) is 13.3. The van der Waals surface area contributed by atoms with E-state index in [-0.39, 0.29) is 23.3 Å². The highest BCUT2D eigenvalue weighted by Crippen LogP contribution is 2.34. The molecule has 0 aromatic heterocycles. The molecule has 0 saturated carbocycles. The molecular weight excluding hydrogens is 240 g/mol. The van der Waals surface area contributed by atoms with Crippen LogP contribution in [0.25, 0.3) is 0 Å². The van der Waals surface area contributed by atoms with Crippen LogP contribution in [0.15, 0.2) is 0 Å². The summed E-state index contributed by atoms with van der Waals surface area (Å²) >= 11 is 0. The first-order valence-corrected chi connectivity index (χ1v) is 7.25. The highest BCUT2D eigenvalue weighted by molar-refractivity contribution is 6.00. The second kappa shape index (κ2) is 5.14. The Hall–Kier alpha value is -1.06. The van der Waals surface area contributed by atoms with Crippen LogP contribution in [-0.4, -0.2) is 34.3 Å². The van der Waals surface area contributed by atoms with Gasteiger partial charge in [-0.2, -0.15) is 0 Å². The molecule has 1 unspecified atom stereocenters. The lowest BCUT2D eigenvalue weighted by Gasteiger charge is -2.51. The average Bonchev–Trinajstić information content (AvgIpc) is 2.29. The van der Waals surface area contributed by atoms with Crippen LogP contribution in [0.1, 0.15) is 61.3 Å². The number of carbonyl (C=O) groups excluding carboxylic acids is 2. The molecule has 1 N–H and O–H groups in total. The summed E-state index contributed by atoms with van der Waals surface area (Å²) in [6, 6.07) is -0.369. The van der Waals surface area contributed by atoms with E-state index >= 15 is 0 Å². The number of nitrogens with zero attached hydrogens (tertiary/aromatic N) is 1. The van der Waals surface area contributed by atoms with E-state index in [1.165, 1.54) is 0 Å². The lowest BCUT2D eigenvalue weighted by atomic mass is 9.78. The molecule has 4 heteroatoms. The van der Waals surface area contributed by atoms with Gasteiger partial charge in [0.2, 0.25) is 11.8 Å². The van der Waals surface area contributed by atoms with Gasteiger partial charge in [-0.15, -0.1) is 0 Å². The summed E-state index contributed by atoms with van der Waals surface area (Å²) in [5, 5.41) is 2.99. The summed E-state index contributed by atoms with van der Waals surface area (Å²) in [5.74, 6) is 0.0384. The van der Waals surface area contributed by atoms with Crippen molar-refractivity contribution in [1.29, 1.82) is 0 Å². The number of rotatable bonds is 3. The molecule has 1 aliphatic rings. The van der Waals surface area contributed by atoms with Gasteiger partial charge in [-0.3, -0.25) is 9.59 Å². The SMILES string of the molecule is CCC1(CC)NC(=O)C(C(C)(C)C)N(C(C)C)C1=O. The Labute approximate surface area is 116 Å². The highest BCUT2D eigenvalue weighted by atomic mass is 16.2. The van der Waals surface area contributed by atoms with E-state index in [1.54, 1.807) is 4.90 Å². The fourth-order valence-electron chi connectivity index (χ4n) is 2.92. The predicted octanol–water partition coefficient (Wildman–Crippen LogP) is 2.33. The molecule has 0 bridgehead atoms. The van der Waals surface area contributed by atoms with Crippen molar-refractivity contribution in [3.05, 3.63) is 0 Å². The number of amides is 2. The van der Waals surface area contributed by atoms with Gasteiger partial charge < -0.3 is 10.2 Å². The van der Waals surface area contributed by atoms with Crippen LogP contribution in [0.3, 0.4) is 0 Å². The van der Waals surface area contributed by atoms with Crippen molar-refractivity contribution >= 4 is 11.8 Å². The maximum Gasteiger partial charge on any atom is 0.249 e. The largest absolute Gasteiger partial charge is 0.340 e. The maximum atomic E-state index is 12.9. The molecule has 1 atom stereocenters. The van der Waals surface area contributed by atoms with E-state index in [4.69, 9.17) is 0 Å². The number of piperazine rings is 1. The minimum atomic E-state index is -0.719. The summed E-state index contributed by atoms with van der Waals surface area (Å²) < 4.78 is 0. The number of hydrogen-bond acceptors (Lipinski definition) is 2. The van der Waals surface area contributed by atoms with Crippen LogP contribution in [0.2, 0.25) is 0 Å². The van der Waals surface area contributed by atoms with Crippen molar-refractivity contribution in [2.75, 3.05) is 0 Å². The first kappa shape index (κ1) is 16.0. The smallest absolute Gasteiger partial charge is 0.249 e. The van der Waals surface area contributed by atoms with Crippen LogP contribution in [0.4, 0.5) is 0 Å². The molecule has 19 heavy (non-hydrogen) atoms. The summed E-state index contributed by atoms with van der Waals surface area (Å²) in [6.07, 6.45) is 1.27. The summed E-state index contributed by atoms with van der Waals surface area (Å²) in [7, 11) is 0. The molecule has 0 aliphatic carbocycles. The number of hydrogen-bond donors (Lipinski definition) is 1. The van der Waals surface area contributed by atoms with Crippen molar-refractivity contribution in [2.24, 2.45) is 5.41 Å². The normalized spacial score (nSPS) is 23.8. The van der Waals surface area contributed by atoms with Gasteiger partial charge in [0.25, 0.3) is 0 Å². The van der Waals surface area contributed by atoms with E-state index in [0.717, 1.165) is 0 Å². The topological polar surface area (TPSA) is 49.4 Å². The van der Waals surface area contributed by atoms with E-state index in [2.05, 4.69) is 5.32 Å². The van der Waals surface area contributed by atoms with E-state index < -0.39 is 11.6 Å². The molecule has 0 aromatic carbocycles. The minimum Gasteiger partial charge on any atom is -0.340 e. The number of carbonyl (C=O) groups is 2. The Bertz CT molecular complexity index is 365. The molecule has 110 valence electrons. The molecule has 2 amide bonds. The lowest BCUT2D eigenvalue weighted by molar-refractivity contribution is -0.162. The Balaban J connectivity index is 3.29. The third-order valence-corrected chi connectivity index (χ3v) is 4.12. The standard InChI is InChI=1S/C15H28N2O2/c1-8-15(9-2)13(19)17(10(3)4)11(12(18)16-15)14(5,6)7/h10-11H,8-9H2,1-7H3,(H,16,18). The fraction of sp³-hybridized carbons (Fsp3) is 0.867. The quantitative estimate of drug-likeness (QED) is 0.854.